The topological polar surface area (TPSA) is 43.8 Å². The van der Waals surface area contributed by atoms with Gasteiger partial charge in [0.2, 0.25) is 0 Å². The zero-order valence-electron chi connectivity index (χ0n) is 8.53. The normalized spacial score (nSPS) is 10.7. The van der Waals surface area contributed by atoms with E-state index in [1.807, 2.05) is 0 Å². The summed E-state index contributed by atoms with van der Waals surface area (Å²) in [5.74, 6) is 0.445. The van der Waals surface area contributed by atoms with Crippen molar-refractivity contribution in [2.45, 2.75) is 13.1 Å². The van der Waals surface area contributed by atoms with Crippen molar-refractivity contribution in [3.05, 3.63) is 52.8 Å². The molecule has 0 radical (unpaired) electrons. The summed E-state index contributed by atoms with van der Waals surface area (Å²) in [7, 11) is 0. The third-order valence-electron chi connectivity index (χ3n) is 2.33. The number of halogens is 2. The fourth-order valence-electron chi connectivity index (χ4n) is 1.52. The summed E-state index contributed by atoms with van der Waals surface area (Å²) in [6, 6.07) is 4.49. The monoisotopic (exact) mass is 239 g/mol. The number of imidazole rings is 1. The molecule has 0 aliphatic heterocycles. The molecule has 0 unspecified atom stereocenters. The predicted octanol–water partition coefficient (Wildman–Crippen LogP) is 2.18. The Kier molecular flexibility index (Phi) is 3.22. The first kappa shape index (κ1) is 11.1. The molecule has 0 saturated heterocycles. The molecule has 0 spiro atoms. The maximum atomic E-state index is 13.5. The van der Waals surface area contributed by atoms with E-state index in [2.05, 4.69) is 4.98 Å². The van der Waals surface area contributed by atoms with Crippen LogP contribution in [0.1, 0.15) is 11.4 Å². The van der Waals surface area contributed by atoms with E-state index < -0.39 is 0 Å². The fraction of sp³-hybridized carbons (Fsp3) is 0.182. The number of nitrogens with two attached hydrogens (primary N) is 1. The van der Waals surface area contributed by atoms with Gasteiger partial charge in [-0.05, 0) is 18.2 Å². The van der Waals surface area contributed by atoms with Gasteiger partial charge in [0, 0.05) is 23.0 Å². The molecule has 84 valence electrons. The highest BCUT2D eigenvalue weighted by molar-refractivity contribution is 6.30. The van der Waals surface area contributed by atoms with Crippen LogP contribution in [0.3, 0.4) is 0 Å². The Hall–Kier alpha value is -1.39. The Morgan fingerprint density at radius 1 is 1.44 bits per heavy atom. The van der Waals surface area contributed by atoms with Gasteiger partial charge in [-0.25, -0.2) is 9.37 Å². The van der Waals surface area contributed by atoms with Crippen molar-refractivity contribution in [3.63, 3.8) is 0 Å². The average molecular weight is 240 g/mol. The molecular weight excluding hydrogens is 229 g/mol. The lowest BCUT2D eigenvalue weighted by atomic mass is 10.2. The molecule has 0 aliphatic rings. The lowest BCUT2D eigenvalue weighted by Gasteiger charge is -2.07. The molecule has 1 aromatic heterocycles. The molecule has 3 nitrogen and oxygen atoms in total. The largest absolute Gasteiger partial charge is 0.329 e. The van der Waals surface area contributed by atoms with E-state index in [1.165, 1.54) is 12.1 Å². The van der Waals surface area contributed by atoms with Crippen LogP contribution in [-0.4, -0.2) is 9.55 Å². The molecule has 1 heterocycles. The molecule has 0 amide bonds. The van der Waals surface area contributed by atoms with E-state index in [-0.39, 0.29) is 5.82 Å². The van der Waals surface area contributed by atoms with E-state index >= 15 is 0 Å². The maximum Gasteiger partial charge on any atom is 0.128 e. The number of rotatable bonds is 3. The molecule has 0 bridgehead atoms. The van der Waals surface area contributed by atoms with Crippen LogP contribution in [-0.2, 0) is 13.1 Å². The molecule has 2 N–H and O–H groups in total. The molecule has 0 atom stereocenters. The second-order valence-electron chi connectivity index (χ2n) is 3.41. The van der Waals surface area contributed by atoms with Crippen LogP contribution in [0.25, 0.3) is 0 Å². The Balaban J connectivity index is 2.30. The van der Waals surface area contributed by atoms with E-state index in [1.54, 1.807) is 23.0 Å². The average Bonchev–Trinajstić information content (AvgIpc) is 2.71. The van der Waals surface area contributed by atoms with Crippen LogP contribution in [0, 0.1) is 5.82 Å². The van der Waals surface area contributed by atoms with Gasteiger partial charge in [0.05, 0.1) is 13.1 Å². The van der Waals surface area contributed by atoms with Crippen molar-refractivity contribution >= 4 is 11.6 Å². The molecular formula is C11H11ClFN3. The van der Waals surface area contributed by atoms with Gasteiger partial charge in [0.25, 0.3) is 0 Å². The van der Waals surface area contributed by atoms with Crippen LogP contribution in [0.5, 0.6) is 0 Å². The number of nitrogens with zero attached hydrogens (tertiary/aromatic N) is 2. The molecule has 0 fully saturated rings. The van der Waals surface area contributed by atoms with Gasteiger partial charge in [0.1, 0.15) is 11.6 Å². The Bertz CT molecular complexity index is 496. The summed E-state index contributed by atoms with van der Waals surface area (Å²) >= 11 is 5.81. The lowest BCUT2D eigenvalue weighted by molar-refractivity contribution is 0.594. The minimum atomic E-state index is -0.277. The first-order chi connectivity index (χ1) is 7.70. The van der Waals surface area contributed by atoms with E-state index in [4.69, 9.17) is 17.3 Å². The van der Waals surface area contributed by atoms with Gasteiger partial charge >= 0.3 is 0 Å². The highest BCUT2D eigenvalue weighted by Gasteiger charge is 2.06. The highest BCUT2D eigenvalue weighted by Crippen LogP contribution is 2.16. The predicted molar refractivity (Wildman–Crippen MR) is 60.6 cm³/mol. The molecule has 1 aromatic carbocycles. The second kappa shape index (κ2) is 4.63. The molecule has 2 rings (SSSR count). The van der Waals surface area contributed by atoms with Gasteiger partial charge in [-0.1, -0.05) is 11.6 Å². The van der Waals surface area contributed by atoms with Crippen LogP contribution >= 0.6 is 11.6 Å². The zero-order chi connectivity index (χ0) is 11.5. The van der Waals surface area contributed by atoms with Crippen LogP contribution < -0.4 is 5.73 Å². The Morgan fingerprint density at radius 2 is 2.25 bits per heavy atom. The summed E-state index contributed by atoms with van der Waals surface area (Å²) in [4.78, 5) is 4.07. The minimum Gasteiger partial charge on any atom is -0.329 e. The van der Waals surface area contributed by atoms with Gasteiger partial charge in [-0.2, -0.15) is 0 Å². The fourth-order valence-corrected chi connectivity index (χ4v) is 1.72. The van der Waals surface area contributed by atoms with Crippen molar-refractivity contribution in [2.24, 2.45) is 5.73 Å². The summed E-state index contributed by atoms with van der Waals surface area (Å²) in [5.41, 5.74) is 6.04. The van der Waals surface area contributed by atoms with Gasteiger partial charge in [-0.15, -0.1) is 0 Å². The van der Waals surface area contributed by atoms with Crippen molar-refractivity contribution in [3.8, 4) is 0 Å². The Morgan fingerprint density at radius 3 is 3.00 bits per heavy atom. The van der Waals surface area contributed by atoms with Crippen molar-refractivity contribution in [1.82, 2.24) is 9.55 Å². The van der Waals surface area contributed by atoms with Crippen molar-refractivity contribution in [2.75, 3.05) is 0 Å². The van der Waals surface area contributed by atoms with E-state index in [0.29, 0.717) is 23.7 Å². The summed E-state index contributed by atoms with van der Waals surface area (Å²) in [6.45, 7) is 0.716. The van der Waals surface area contributed by atoms with Gasteiger partial charge in [-0.3, -0.25) is 0 Å². The smallest absolute Gasteiger partial charge is 0.128 e. The Labute approximate surface area is 97.7 Å². The van der Waals surface area contributed by atoms with Crippen LogP contribution in [0.2, 0.25) is 5.02 Å². The maximum absolute atomic E-state index is 13.5. The zero-order valence-corrected chi connectivity index (χ0v) is 9.28. The standard InChI is InChI=1S/C11H11ClFN3/c12-9-1-2-10(13)8(5-9)7-16-4-3-15-11(16)6-14/h1-5H,6-7,14H2. The van der Waals surface area contributed by atoms with E-state index in [9.17, 15) is 4.39 Å². The number of hydrogen-bond donors (Lipinski definition) is 1. The third-order valence-corrected chi connectivity index (χ3v) is 2.57. The summed E-state index contributed by atoms with van der Waals surface area (Å²) in [5, 5.41) is 0.519. The lowest BCUT2D eigenvalue weighted by Crippen LogP contribution is -2.09. The SMILES string of the molecule is NCc1nccn1Cc1cc(Cl)ccc1F. The van der Waals surface area contributed by atoms with Crippen LogP contribution in [0.15, 0.2) is 30.6 Å². The van der Waals surface area contributed by atoms with Crippen molar-refractivity contribution in [1.29, 1.82) is 0 Å². The highest BCUT2D eigenvalue weighted by atomic mass is 35.5. The van der Waals surface area contributed by atoms with Gasteiger partial charge < -0.3 is 10.3 Å². The van der Waals surface area contributed by atoms with Gasteiger partial charge in [0.15, 0.2) is 0 Å². The molecule has 5 heteroatoms. The first-order valence-corrected chi connectivity index (χ1v) is 5.22. The summed E-state index contributed by atoms with van der Waals surface area (Å²) < 4.78 is 15.3. The quantitative estimate of drug-likeness (QED) is 0.892. The number of hydrogen-bond acceptors (Lipinski definition) is 2. The molecule has 16 heavy (non-hydrogen) atoms. The van der Waals surface area contributed by atoms with Crippen LogP contribution in [0.4, 0.5) is 4.39 Å². The number of aromatic nitrogens is 2. The molecule has 0 aliphatic carbocycles. The summed E-state index contributed by atoms with van der Waals surface area (Å²) in [6.07, 6.45) is 3.41. The minimum absolute atomic E-state index is 0.277. The molecule has 2 aromatic rings. The number of benzene rings is 1. The first-order valence-electron chi connectivity index (χ1n) is 4.84. The van der Waals surface area contributed by atoms with Crippen molar-refractivity contribution < 1.29 is 4.39 Å². The third kappa shape index (κ3) is 2.23. The molecule has 0 saturated carbocycles. The van der Waals surface area contributed by atoms with E-state index in [0.717, 1.165) is 5.82 Å². The second-order valence-corrected chi connectivity index (χ2v) is 3.85.